The Balaban J connectivity index is 1.21. The number of ether oxygens (including phenoxy) is 1. The maximum atomic E-state index is 15.2. The summed E-state index contributed by atoms with van der Waals surface area (Å²) in [5.74, 6) is 1.02. The van der Waals surface area contributed by atoms with E-state index >= 15 is 8.78 Å². The van der Waals surface area contributed by atoms with Crippen LogP contribution in [0.4, 0.5) is 8.78 Å². The number of fused-ring (bicyclic) bond motifs is 1. The van der Waals surface area contributed by atoms with Crippen LogP contribution in [0, 0.1) is 23.5 Å². The Morgan fingerprint density at radius 1 is 0.730 bits per heavy atom. The van der Waals surface area contributed by atoms with Crippen LogP contribution < -0.4 is 4.74 Å². The molecule has 0 aromatic heterocycles. The third-order valence-corrected chi connectivity index (χ3v) is 8.57. The summed E-state index contributed by atoms with van der Waals surface area (Å²) < 4.78 is 36.2. The predicted octanol–water partition coefficient (Wildman–Crippen LogP) is 10.6. The van der Waals surface area contributed by atoms with Crippen molar-refractivity contribution in [2.75, 3.05) is 6.61 Å². The van der Waals surface area contributed by atoms with Gasteiger partial charge in [0.05, 0.1) is 6.61 Å². The highest BCUT2D eigenvalue weighted by Gasteiger charge is 2.26. The molecule has 3 heteroatoms. The molecule has 0 N–H and O–H groups in total. The van der Waals surface area contributed by atoms with Gasteiger partial charge in [-0.1, -0.05) is 109 Å². The largest absolute Gasteiger partial charge is 0.494 e. The van der Waals surface area contributed by atoms with Gasteiger partial charge in [0.25, 0.3) is 0 Å². The molecule has 204 valence electrons. The van der Waals surface area contributed by atoms with Gasteiger partial charge in [-0.15, -0.1) is 0 Å². The zero-order chi connectivity index (χ0) is 25.9. The third kappa shape index (κ3) is 8.82. The molecule has 0 spiro atoms. The van der Waals surface area contributed by atoms with E-state index in [2.05, 4.69) is 6.92 Å². The molecule has 0 saturated heterocycles. The van der Waals surface area contributed by atoms with Gasteiger partial charge in [0.15, 0.2) is 11.6 Å². The van der Waals surface area contributed by atoms with Crippen molar-refractivity contribution in [3.8, 4) is 16.9 Å². The molecule has 0 aliphatic heterocycles. The minimum absolute atomic E-state index is 0.376. The quantitative estimate of drug-likeness (QED) is 0.192. The SMILES string of the molecule is CCCCCCOc1ccc(-c2cc3c(c(F)c2F)CC(CCCCCCCCCC2CC2)CC3)cc1. The Bertz CT molecular complexity index is 947. The summed E-state index contributed by atoms with van der Waals surface area (Å²) in [4.78, 5) is 0. The second kappa shape index (κ2) is 14.9. The number of rotatable bonds is 17. The Kier molecular flexibility index (Phi) is 11.3. The van der Waals surface area contributed by atoms with Gasteiger partial charge in [-0.3, -0.25) is 0 Å². The number of hydrogen-bond donors (Lipinski definition) is 0. The fourth-order valence-corrected chi connectivity index (χ4v) is 5.97. The normalized spacial score (nSPS) is 17.1. The molecule has 1 atom stereocenters. The Labute approximate surface area is 224 Å². The Morgan fingerprint density at radius 3 is 2.05 bits per heavy atom. The van der Waals surface area contributed by atoms with Crippen LogP contribution in [0.3, 0.4) is 0 Å². The second-order valence-corrected chi connectivity index (χ2v) is 11.7. The van der Waals surface area contributed by atoms with Crippen LogP contribution in [0.2, 0.25) is 0 Å². The van der Waals surface area contributed by atoms with Crippen molar-refractivity contribution in [1.29, 1.82) is 0 Å². The molecule has 2 aromatic rings. The molecule has 0 radical (unpaired) electrons. The molecule has 4 rings (SSSR count). The highest BCUT2D eigenvalue weighted by Crippen LogP contribution is 2.37. The lowest BCUT2D eigenvalue weighted by molar-refractivity contribution is 0.305. The summed E-state index contributed by atoms with van der Waals surface area (Å²) in [7, 11) is 0. The van der Waals surface area contributed by atoms with E-state index in [9.17, 15) is 0 Å². The number of hydrogen-bond acceptors (Lipinski definition) is 1. The van der Waals surface area contributed by atoms with E-state index in [1.165, 1.54) is 83.5 Å². The van der Waals surface area contributed by atoms with Crippen LogP contribution in [0.25, 0.3) is 11.1 Å². The van der Waals surface area contributed by atoms with Crippen LogP contribution in [-0.4, -0.2) is 6.61 Å². The van der Waals surface area contributed by atoms with Crippen LogP contribution in [-0.2, 0) is 12.8 Å². The van der Waals surface area contributed by atoms with E-state index in [0.29, 0.717) is 35.6 Å². The number of benzene rings is 2. The van der Waals surface area contributed by atoms with Crippen molar-refractivity contribution < 1.29 is 13.5 Å². The van der Waals surface area contributed by atoms with Crippen molar-refractivity contribution in [3.05, 3.63) is 53.1 Å². The molecule has 1 nitrogen and oxygen atoms in total. The van der Waals surface area contributed by atoms with Gasteiger partial charge in [0, 0.05) is 5.56 Å². The van der Waals surface area contributed by atoms with Crippen molar-refractivity contribution in [2.45, 2.75) is 122 Å². The maximum absolute atomic E-state index is 15.2. The fraction of sp³-hybridized carbons (Fsp3) is 0.647. The Morgan fingerprint density at radius 2 is 1.38 bits per heavy atom. The highest BCUT2D eigenvalue weighted by atomic mass is 19.2. The molecule has 0 heterocycles. The molecule has 37 heavy (non-hydrogen) atoms. The first-order chi connectivity index (χ1) is 18.2. The number of aryl methyl sites for hydroxylation is 1. The predicted molar refractivity (Wildman–Crippen MR) is 151 cm³/mol. The minimum Gasteiger partial charge on any atom is -0.494 e. The molecule has 2 aliphatic rings. The molecular formula is C34H48F2O. The molecule has 0 bridgehead atoms. The summed E-state index contributed by atoms with van der Waals surface area (Å²) in [5, 5.41) is 0. The molecule has 0 amide bonds. The van der Waals surface area contributed by atoms with Crippen molar-refractivity contribution in [1.82, 2.24) is 0 Å². The molecule has 1 unspecified atom stereocenters. The standard InChI is InChI=1S/C34H48F2O/c1-2-3-4-12-23-37-30-21-19-28(20-22-30)32-25-29-18-17-27(24-31(29)33(35)34(32)36)14-11-9-7-5-6-8-10-13-26-15-16-26/h19-22,25-27H,2-18,23-24H2,1H3. The van der Waals surface area contributed by atoms with Gasteiger partial charge < -0.3 is 4.74 Å². The molecule has 2 aliphatic carbocycles. The minimum atomic E-state index is -0.700. The lowest BCUT2D eigenvalue weighted by Crippen LogP contribution is -2.17. The zero-order valence-electron chi connectivity index (χ0n) is 23.1. The van der Waals surface area contributed by atoms with Crippen LogP contribution in [0.5, 0.6) is 5.75 Å². The second-order valence-electron chi connectivity index (χ2n) is 11.7. The first-order valence-electron chi connectivity index (χ1n) is 15.4. The lowest BCUT2D eigenvalue weighted by Gasteiger charge is -2.26. The Hall–Kier alpha value is -1.90. The average molecular weight is 511 g/mol. The van der Waals surface area contributed by atoms with Crippen LogP contribution in [0.15, 0.2) is 30.3 Å². The van der Waals surface area contributed by atoms with E-state index in [-0.39, 0.29) is 0 Å². The monoisotopic (exact) mass is 510 g/mol. The van der Waals surface area contributed by atoms with Gasteiger partial charge in [-0.25, -0.2) is 8.78 Å². The topological polar surface area (TPSA) is 9.23 Å². The number of halogens is 2. The average Bonchev–Trinajstić information content (AvgIpc) is 3.75. The number of unbranched alkanes of at least 4 members (excludes halogenated alkanes) is 9. The van der Waals surface area contributed by atoms with Crippen molar-refractivity contribution in [2.24, 2.45) is 11.8 Å². The fourth-order valence-electron chi connectivity index (χ4n) is 5.97. The van der Waals surface area contributed by atoms with Gasteiger partial charge in [-0.05, 0) is 72.4 Å². The highest BCUT2D eigenvalue weighted by molar-refractivity contribution is 5.67. The first kappa shape index (κ1) is 28.1. The molecular weight excluding hydrogens is 462 g/mol. The van der Waals surface area contributed by atoms with Crippen LogP contribution in [0.1, 0.15) is 121 Å². The smallest absolute Gasteiger partial charge is 0.166 e. The summed E-state index contributed by atoms with van der Waals surface area (Å²) in [5.41, 5.74) is 2.71. The lowest BCUT2D eigenvalue weighted by atomic mass is 9.80. The van der Waals surface area contributed by atoms with Gasteiger partial charge in [0.1, 0.15) is 5.75 Å². The van der Waals surface area contributed by atoms with Gasteiger partial charge in [-0.2, -0.15) is 0 Å². The zero-order valence-corrected chi connectivity index (χ0v) is 23.1. The maximum Gasteiger partial charge on any atom is 0.166 e. The van der Waals surface area contributed by atoms with E-state index < -0.39 is 11.6 Å². The molecule has 2 aromatic carbocycles. The molecule has 1 saturated carbocycles. The van der Waals surface area contributed by atoms with Crippen LogP contribution >= 0.6 is 0 Å². The van der Waals surface area contributed by atoms with Crippen molar-refractivity contribution >= 4 is 0 Å². The van der Waals surface area contributed by atoms with E-state index in [0.717, 1.165) is 42.9 Å². The summed E-state index contributed by atoms with van der Waals surface area (Å²) in [6.45, 7) is 2.89. The van der Waals surface area contributed by atoms with E-state index in [4.69, 9.17) is 4.74 Å². The van der Waals surface area contributed by atoms with Gasteiger partial charge >= 0.3 is 0 Å². The van der Waals surface area contributed by atoms with E-state index in [1.807, 2.05) is 30.3 Å². The van der Waals surface area contributed by atoms with E-state index in [1.54, 1.807) is 0 Å². The first-order valence-corrected chi connectivity index (χ1v) is 15.4. The van der Waals surface area contributed by atoms with Crippen molar-refractivity contribution in [3.63, 3.8) is 0 Å². The summed E-state index contributed by atoms with van der Waals surface area (Å²) in [6, 6.07) is 9.34. The molecule has 1 fully saturated rings. The summed E-state index contributed by atoms with van der Waals surface area (Å²) >= 11 is 0. The third-order valence-electron chi connectivity index (χ3n) is 8.57. The van der Waals surface area contributed by atoms with Gasteiger partial charge in [0.2, 0.25) is 0 Å². The summed E-state index contributed by atoms with van der Waals surface area (Å²) in [6.07, 6.45) is 22.2.